The van der Waals surface area contributed by atoms with Crippen LogP contribution in [0.4, 0.5) is 0 Å². The standard InChI is InChI=1S/C17H26N2O2/c1-17(2,3)14(18)10-19-16-12(9-15(20)21)8-11-6-4-5-7-13(11)16/h4-7,12,14,16,19H,8-10,18H2,1-3H3,(H,20,21)/t12-,14-,16+/m1/s1. The third-order valence-corrected chi connectivity index (χ3v) is 4.45. The summed E-state index contributed by atoms with van der Waals surface area (Å²) in [5.41, 5.74) is 8.73. The van der Waals surface area contributed by atoms with Crippen LogP contribution in [0.3, 0.4) is 0 Å². The first kappa shape index (κ1) is 16.0. The minimum absolute atomic E-state index is 0.0351. The summed E-state index contributed by atoms with van der Waals surface area (Å²) in [6, 6.07) is 8.34. The molecule has 0 saturated heterocycles. The fourth-order valence-electron chi connectivity index (χ4n) is 2.93. The number of rotatable bonds is 5. The zero-order chi connectivity index (χ0) is 15.6. The van der Waals surface area contributed by atoms with Gasteiger partial charge in [-0.2, -0.15) is 0 Å². The minimum Gasteiger partial charge on any atom is -0.481 e. The Morgan fingerprint density at radius 2 is 2.10 bits per heavy atom. The van der Waals surface area contributed by atoms with Crippen molar-refractivity contribution in [3.8, 4) is 0 Å². The fraction of sp³-hybridized carbons (Fsp3) is 0.588. The second-order valence-electron chi connectivity index (χ2n) is 7.12. The number of hydrogen-bond acceptors (Lipinski definition) is 3. The van der Waals surface area contributed by atoms with Gasteiger partial charge in [0.15, 0.2) is 0 Å². The molecule has 116 valence electrons. The van der Waals surface area contributed by atoms with E-state index < -0.39 is 5.97 Å². The predicted molar refractivity (Wildman–Crippen MR) is 84.1 cm³/mol. The molecule has 1 aromatic carbocycles. The normalized spacial score (nSPS) is 22.9. The fourth-order valence-corrected chi connectivity index (χ4v) is 2.93. The van der Waals surface area contributed by atoms with Gasteiger partial charge in [-0.05, 0) is 28.9 Å². The Hall–Kier alpha value is -1.39. The summed E-state index contributed by atoms with van der Waals surface area (Å²) in [4.78, 5) is 11.1. The third kappa shape index (κ3) is 3.83. The molecule has 1 aliphatic carbocycles. The number of aliphatic carboxylic acids is 1. The summed E-state index contributed by atoms with van der Waals surface area (Å²) in [5.74, 6) is -0.633. The molecule has 4 N–H and O–H groups in total. The molecule has 0 amide bonds. The van der Waals surface area contributed by atoms with Crippen LogP contribution in [0.5, 0.6) is 0 Å². The average Bonchev–Trinajstić information content (AvgIpc) is 2.71. The molecule has 3 atom stereocenters. The largest absolute Gasteiger partial charge is 0.481 e. The van der Waals surface area contributed by atoms with Crippen LogP contribution in [0.1, 0.15) is 44.4 Å². The van der Waals surface area contributed by atoms with Gasteiger partial charge in [0.05, 0.1) is 6.42 Å². The number of carbonyl (C=O) groups is 1. The molecule has 0 heterocycles. The van der Waals surface area contributed by atoms with E-state index in [9.17, 15) is 4.79 Å². The lowest BCUT2D eigenvalue weighted by molar-refractivity contribution is -0.138. The van der Waals surface area contributed by atoms with Crippen LogP contribution in [-0.4, -0.2) is 23.7 Å². The molecule has 21 heavy (non-hydrogen) atoms. The van der Waals surface area contributed by atoms with E-state index in [-0.39, 0.29) is 29.8 Å². The van der Waals surface area contributed by atoms with Crippen molar-refractivity contribution < 1.29 is 9.90 Å². The minimum atomic E-state index is -0.736. The maximum atomic E-state index is 11.1. The first-order valence-electron chi connectivity index (χ1n) is 7.57. The van der Waals surface area contributed by atoms with E-state index >= 15 is 0 Å². The third-order valence-electron chi connectivity index (χ3n) is 4.45. The molecule has 0 saturated carbocycles. The Bertz CT molecular complexity index is 508. The number of hydrogen-bond donors (Lipinski definition) is 3. The molecule has 4 nitrogen and oxygen atoms in total. The molecule has 0 aliphatic heterocycles. The molecule has 0 bridgehead atoms. The highest BCUT2D eigenvalue weighted by Gasteiger charge is 2.34. The van der Waals surface area contributed by atoms with Crippen molar-refractivity contribution in [1.29, 1.82) is 0 Å². The smallest absolute Gasteiger partial charge is 0.303 e. The van der Waals surface area contributed by atoms with Gasteiger partial charge in [-0.1, -0.05) is 45.0 Å². The molecule has 2 rings (SSSR count). The lowest BCUT2D eigenvalue weighted by atomic mass is 9.87. The van der Waals surface area contributed by atoms with E-state index in [4.69, 9.17) is 10.8 Å². The molecular weight excluding hydrogens is 264 g/mol. The van der Waals surface area contributed by atoms with Gasteiger partial charge in [-0.25, -0.2) is 0 Å². The summed E-state index contributed by atoms with van der Waals surface area (Å²) in [6.07, 6.45) is 1.02. The Labute approximate surface area is 126 Å². The highest BCUT2D eigenvalue weighted by molar-refractivity contribution is 5.67. The number of carboxylic acid groups (broad SMARTS) is 1. The van der Waals surface area contributed by atoms with E-state index in [0.29, 0.717) is 6.54 Å². The number of nitrogens with two attached hydrogens (primary N) is 1. The van der Waals surface area contributed by atoms with Gasteiger partial charge in [-0.3, -0.25) is 4.79 Å². The topological polar surface area (TPSA) is 75.3 Å². The van der Waals surface area contributed by atoms with Crippen molar-refractivity contribution in [1.82, 2.24) is 5.32 Å². The second-order valence-corrected chi connectivity index (χ2v) is 7.12. The highest BCUT2D eigenvalue weighted by atomic mass is 16.4. The molecule has 4 heteroatoms. The van der Waals surface area contributed by atoms with E-state index in [1.54, 1.807) is 0 Å². The summed E-state index contributed by atoms with van der Waals surface area (Å²) in [6.45, 7) is 7.06. The van der Waals surface area contributed by atoms with Crippen LogP contribution >= 0.6 is 0 Å². The lowest BCUT2D eigenvalue weighted by Crippen LogP contribution is -2.45. The van der Waals surface area contributed by atoms with Gasteiger partial charge in [0.2, 0.25) is 0 Å². The molecule has 0 aromatic heterocycles. The monoisotopic (exact) mass is 290 g/mol. The maximum absolute atomic E-state index is 11.1. The predicted octanol–water partition coefficient (Wildman–Crippen LogP) is 2.34. The van der Waals surface area contributed by atoms with E-state index in [2.05, 4.69) is 38.2 Å². The Kier molecular flexibility index (Phi) is 4.69. The van der Waals surface area contributed by atoms with Crippen LogP contribution in [0.25, 0.3) is 0 Å². The Morgan fingerprint density at radius 3 is 2.71 bits per heavy atom. The van der Waals surface area contributed by atoms with Gasteiger partial charge in [0, 0.05) is 18.6 Å². The van der Waals surface area contributed by atoms with Crippen LogP contribution in [0.15, 0.2) is 24.3 Å². The van der Waals surface area contributed by atoms with Gasteiger partial charge < -0.3 is 16.2 Å². The van der Waals surface area contributed by atoms with E-state index in [0.717, 1.165) is 6.42 Å². The summed E-state index contributed by atoms with van der Waals surface area (Å²) < 4.78 is 0. The van der Waals surface area contributed by atoms with E-state index in [1.807, 2.05) is 12.1 Å². The quantitative estimate of drug-likeness (QED) is 0.778. The zero-order valence-corrected chi connectivity index (χ0v) is 13.1. The molecular formula is C17H26N2O2. The first-order valence-corrected chi connectivity index (χ1v) is 7.57. The van der Waals surface area contributed by atoms with Crippen LogP contribution in [0, 0.1) is 11.3 Å². The number of benzene rings is 1. The van der Waals surface area contributed by atoms with Crippen molar-refractivity contribution in [3.05, 3.63) is 35.4 Å². The SMILES string of the molecule is CC(C)(C)[C@H](N)CN[C@@H]1c2ccccc2C[C@@H]1CC(=O)O. The Balaban J connectivity index is 2.11. The van der Waals surface area contributed by atoms with Crippen LogP contribution in [0.2, 0.25) is 0 Å². The number of nitrogens with one attached hydrogen (secondary N) is 1. The van der Waals surface area contributed by atoms with E-state index in [1.165, 1.54) is 11.1 Å². The number of carboxylic acids is 1. The number of fused-ring (bicyclic) bond motifs is 1. The van der Waals surface area contributed by atoms with Gasteiger partial charge in [-0.15, -0.1) is 0 Å². The van der Waals surface area contributed by atoms with Crippen LogP contribution < -0.4 is 11.1 Å². The van der Waals surface area contributed by atoms with Crippen molar-refractivity contribution in [3.63, 3.8) is 0 Å². The zero-order valence-electron chi connectivity index (χ0n) is 13.1. The molecule has 0 unspecified atom stereocenters. The molecule has 0 fully saturated rings. The van der Waals surface area contributed by atoms with Crippen molar-refractivity contribution in [2.75, 3.05) is 6.54 Å². The molecule has 1 aliphatic rings. The lowest BCUT2D eigenvalue weighted by Gasteiger charge is -2.30. The van der Waals surface area contributed by atoms with Crippen LogP contribution in [-0.2, 0) is 11.2 Å². The molecule has 1 aromatic rings. The Morgan fingerprint density at radius 1 is 1.43 bits per heavy atom. The summed E-state index contributed by atoms with van der Waals surface area (Å²) >= 11 is 0. The maximum Gasteiger partial charge on any atom is 0.303 e. The van der Waals surface area contributed by atoms with Crippen molar-refractivity contribution >= 4 is 5.97 Å². The van der Waals surface area contributed by atoms with Gasteiger partial charge in [0.1, 0.15) is 0 Å². The van der Waals surface area contributed by atoms with Gasteiger partial charge >= 0.3 is 5.97 Å². The average molecular weight is 290 g/mol. The van der Waals surface area contributed by atoms with Crippen molar-refractivity contribution in [2.24, 2.45) is 17.1 Å². The van der Waals surface area contributed by atoms with Crippen molar-refractivity contribution in [2.45, 2.75) is 45.7 Å². The first-order chi connectivity index (χ1) is 9.79. The molecule has 0 radical (unpaired) electrons. The summed E-state index contributed by atoms with van der Waals surface area (Å²) in [5, 5.41) is 12.6. The second kappa shape index (κ2) is 6.16. The van der Waals surface area contributed by atoms with Gasteiger partial charge in [0.25, 0.3) is 0 Å². The highest BCUT2D eigenvalue weighted by Crippen LogP contribution is 2.38. The molecule has 0 spiro atoms. The summed E-state index contributed by atoms with van der Waals surface area (Å²) in [7, 11) is 0.